The summed E-state index contributed by atoms with van der Waals surface area (Å²) in [6.07, 6.45) is 3.02. The Labute approximate surface area is 95.1 Å². The first kappa shape index (κ1) is 10.7. The lowest BCUT2D eigenvalue weighted by Gasteiger charge is -2.00. The highest BCUT2D eigenvalue weighted by Crippen LogP contribution is 2.20. The minimum atomic E-state index is -0.236. The minimum Gasteiger partial charge on any atom is -0.396 e. The number of hydrogen-bond donors (Lipinski definition) is 2. The number of anilines is 1. The van der Waals surface area contributed by atoms with Crippen LogP contribution >= 0.6 is 11.8 Å². The molecule has 0 aliphatic heterocycles. The van der Waals surface area contributed by atoms with Gasteiger partial charge < -0.3 is 5.73 Å². The Hall–Kier alpha value is -1.83. The summed E-state index contributed by atoms with van der Waals surface area (Å²) in [5, 5.41) is 7.30. The Morgan fingerprint density at radius 3 is 2.81 bits per heavy atom. The first-order valence-corrected chi connectivity index (χ1v) is 5.43. The van der Waals surface area contributed by atoms with Crippen LogP contribution in [0.25, 0.3) is 0 Å². The van der Waals surface area contributed by atoms with Gasteiger partial charge in [-0.15, -0.1) is 5.10 Å². The fourth-order valence-electron chi connectivity index (χ4n) is 1.12. The van der Waals surface area contributed by atoms with Crippen molar-refractivity contribution in [2.24, 2.45) is 0 Å². The van der Waals surface area contributed by atoms with Crippen molar-refractivity contribution < 1.29 is 0 Å². The Balaban J connectivity index is 2.27. The number of aromatic nitrogens is 5. The van der Waals surface area contributed by atoms with Crippen LogP contribution in [0.5, 0.6) is 0 Å². The maximum atomic E-state index is 11.3. The molecule has 0 radical (unpaired) electrons. The van der Waals surface area contributed by atoms with E-state index in [1.54, 1.807) is 0 Å². The standard InChI is InChI=1S/C8H10N6OS/c1-2-14-7(15)12-13-8(14)16-6-10-3-5(9)4-11-6/h3-4H,2,9H2,1H3,(H,12,15). The van der Waals surface area contributed by atoms with Crippen LogP contribution < -0.4 is 11.4 Å². The Kier molecular flexibility index (Phi) is 2.91. The molecule has 0 fully saturated rings. The lowest BCUT2D eigenvalue weighted by Crippen LogP contribution is -2.16. The van der Waals surface area contributed by atoms with Gasteiger partial charge in [0, 0.05) is 6.54 Å². The molecule has 2 aromatic heterocycles. The molecule has 3 N–H and O–H groups in total. The van der Waals surface area contributed by atoms with Gasteiger partial charge in [0.05, 0.1) is 18.1 Å². The lowest BCUT2D eigenvalue weighted by atomic mass is 10.6. The first-order chi connectivity index (χ1) is 7.70. The van der Waals surface area contributed by atoms with Crippen LogP contribution in [0.2, 0.25) is 0 Å². The molecule has 16 heavy (non-hydrogen) atoms. The third-order valence-corrected chi connectivity index (χ3v) is 2.76. The van der Waals surface area contributed by atoms with E-state index in [1.807, 2.05) is 6.92 Å². The number of aromatic amines is 1. The van der Waals surface area contributed by atoms with Gasteiger partial charge in [-0.2, -0.15) is 0 Å². The molecule has 8 heteroatoms. The summed E-state index contributed by atoms with van der Waals surface area (Å²) in [5.41, 5.74) is 5.73. The second-order valence-corrected chi connectivity index (χ2v) is 3.89. The first-order valence-electron chi connectivity index (χ1n) is 4.61. The maximum Gasteiger partial charge on any atom is 0.343 e. The minimum absolute atomic E-state index is 0.236. The quantitative estimate of drug-likeness (QED) is 0.736. The van der Waals surface area contributed by atoms with Gasteiger partial charge >= 0.3 is 5.69 Å². The zero-order valence-electron chi connectivity index (χ0n) is 8.54. The molecule has 0 saturated carbocycles. The van der Waals surface area contributed by atoms with Crippen LogP contribution in [-0.4, -0.2) is 24.7 Å². The third kappa shape index (κ3) is 2.06. The summed E-state index contributed by atoms with van der Waals surface area (Å²) in [6.45, 7) is 2.41. The highest BCUT2D eigenvalue weighted by Gasteiger charge is 2.09. The van der Waals surface area contributed by atoms with E-state index in [-0.39, 0.29) is 5.69 Å². The van der Waals surface area contributed by atoms with E-state index in [0.717, 1.165) is 0 Å². The molecule has 2 rings (SSSR count). The largest absolute Gasteiger partial charge is 0.396 e. The molecule has 0 amide bonds. The Bertz CT molecular complexity index is 530. The summed E-state index contributed by atoms with van der Waals surface area (Å²) in [4.78, 5) is 19.3. The Morgan fingerprint density at radius 1 is 1.50 bits per heavy atom. The van der Waals surface area contributed by atoms with Gasteiger partial charge in [-0.25, -0.2) is 19.9 Å². The normalized spacial score (nSPS) is 10.6. The lowest BCUT2D eigenvalue weighted by molar-refractivity contribution is 0.659. The molecule has 0 spiro atoms. The Morgan fingerprint density at radius 2 is 2.19 bits per heavy atom. The molecule has 0 bridgehead atoms. The van der Waals surface area contributed by atoms with E-state index in [2.05, 4.69) is 20.2 Å². The molecule has 2 heterocycles. The van der Waals surface area contributed by atoms with E-state index in [9.17, 15) is 4.79 Å². The fraction of sp³-hybridized carbons (Fsp3) is 0.250. The van der Waals surface area contributed by atoms with E-state index in [1.165, 1.54) is 28.7 Å². The van der Waals surface area contributed by atoms with Gasteiger partial charge in [0.15, 0.2) is 10.3 Å². The summed E-state index contributed by atoms with van der Waals surface area (Å²) < 4.78 is 1.50. The van der Waals surface area contributed by atoms with Crippen LogP contribution in [0, 0.1) is 0 Å². The van der Waals surface area contributed by atoms with Crippen molar-refractivity contribution in [3.8, 4) is 0 Å². The van der Waals surface area contributed by atoms with Gasteiger partial charge in [0.1, 0.15) is 0 Å². The molecule has 0 saturated heterocycles. The second kappa shape index (κ2) is 4.35. The maximum absolute atomic E-state index is 11.3. The average molecular weight is 238 g/mol. The summed E-state index contributed by atoms with van der Waals surface area (Å²) in [7, 11) is 0. The van der Waals surface area contributed by atoms with Crippen molar-refractivity contribution in [1.82, 2.24) is 24.7 Å². The second-order valence-electron chi connectivity index (χ2n) is 2.96. The molecule has 0 aromatic carbocycles. The number of hydrogen-bond acceptors (Lipinski definition) is 6. The number of nitrogens with one attached hydrogen (secondary N) is 1. The monoisotopic (exact) mass is 238 g/mol. The van der Waals surface area contributed by atoms with E-state index < -0.39 is 0 Å². The molecule has 7 nitrogen and oxygen atoms in total. The zero-order chi connectivity index (χ0) is 11.5. The van der Waals surface area contributed by atoms with Gasteiger partial charge in [0.2, 0.25) is 0 Å². The summed E-state index contributed by atoms with van der Waals surface area (Å²) in [6, 6.07) is 0. The number of rotatable bonds is 3. The predicted molar refractivity (Wildman–Crippen MR) is 59.1 cm³/mol. The van der Waals surface area contributed by atoms with Gasteiger partial charge in [-0.1, -0.05) is 0 Å². The van der Waals surface area contributed by atoms with Crippen molar-refractivity contribution in [2.45, 2.75) is 23.8 Å². The van der Waals surface area contributed by atoms with Crippen LogP contribution in [0.3, 0.4) is 0 Å². The molecule has 0 unspecified atom stereocenters. The van der Waals surface area contributed by atoms with Crippen LogP contribution in [-0.2, 0) is 6.54 Å². The number of nitrogen functional groups attached to an aromatic ring is 1. The summed E-state index contributed by atoms with van der Waals surface area (Å²) >= 11 is 1.21. The smallest absolute Gasteiger partial charge is 0.343 e. The topological polar surface area (TPSA) is 102 Å². The van der Waals surface area contributed by atoms with Gasteiger partial charge in [-0.3, -0.25) is 4.57 Å². The molecule has 2 aromatic rings. The van der Waals surface area contributed by atoms with Crippen molar-refractivity contribution in [2.75, 3.05) is 5.73 Å². The SMILES string of the molecule is CCn1c(Sc2ncc(N)cn2)n[nH]c1=O. The number of H-pyrrole nitrogens is 1. The molecule has 84 valence electrons. The third-order valence-electron chi connectivity index (χ3n) is 1.87. The van der Waals surface area contributed by atoms with Gasteiger partial charge in [-0.05, 0) is 18.7 Å². The predicted octanol–water partition coefficient (Wildman–Crippen LogP) is 0.115. The highest BCUT2D eigenvalue weighted by atomic mass is 32.2. The fourth-order valence-corrected chi connectivity index (χ4v) is 1.91. The molecular formula is C8H10N6OS. The van der Waals surface area contributed by atoms with Crippen molar-refractivity contribution in [1.29, 1.82) is 0 Å². The van der Waals surface area contributed by atoms with E-state index in [0.29, 0.717) is 22.5 Å². The van der Waals surface area contributed by atoms with Crippen molar-refractivity contribution in [3.63, 3.8) is 0 Å². The van der Waals surface area contributed by atoms with Crippen LogP contribution in [0.4, 0.5) is 5.69 Å². The van der Waals surface area contributed by atoms with Crippen molar-refractivity contribution in [3.05, 3.63) is 22.9 Å². The summed E-state index contributed by atoms with van der Waals surface area (Å²) in [5.74, 6) is 0. The van der Waals surface area contributed by atoms with Crippen LogP contribution in [0.1, 0.15) is 6.92 Å². The highest BCUT2D eigenvalue weighted by molar-refractivity contribution is 7.99. The van der Waals surface area contributed by atoms with Crippen molar-refractivity contribution >= 4 is 17.4 Å². The zero-order valence-corrected chi connectivity index (χ0v) is 9.36. The average Bonchev–Trinajstić information content (AvgIpc) is 2.63. The number of nitrogens with zero attached hydrogens (tertiary/aromatic N) is 4. The number of nitrogens with two attached hydrogens (primary N) is 1. The molecule has 0 atom stereocenters. The van der Waals surface area contributed by atoms with Gasteiger partial charge in [0.25, 0.3) is 0 Å². The molecule has 0 aliphatic carbocycles. The van der Waals surface area contributed by atoms with E-state index >= 15 is 0 Å². The van der Waals surface area contributed by atoms with Crippen LogP contribution in [0.15, 0.2) is 27.5 Å². The molecular weight excluding hydrogens is 228 g/mol. The molecule has 0 aliphatic rings. The van der Waals surface area contributed by atoms with E-state index in [4.69, 9.17) is 5.73 Å².